The van der Waals surface area contributed by atoms with Gasteiger partial charge >= 0.3 is 37.7 Å². The van der Waals surface area contributed by atoms with Crippen molar-refractivity contribution in [3.8, 4) is 0 Å². The quantitative estimate of drug-likeness (QED) is 0.274. The van der Waals surface area contributed by atoms with Crippen LogP contribution < -0.4 is 5.73 Å². The molecule has 2 nitrogen and oxygen atoms in total. The molecule has 1 amide bonds. The second kappa shape index (κ2) is 9.29. The predicted molar refractivity (Wildman–Crippen MR) is 18.8 cm³/mol. The molecule has 0 spiro atoms. The van der Waals surface area contributed by atoms with Crippen molar-refractivity contribution in [3.63, 3.8) is 0 Å². The maximum atomic E-state index is 8.58. The molecule has 0 heterocycles. The molecule has 0 aliphatic heterocycles. The van der Waals surface area contributed by atoms with Gasteiger partial charge < -0.3 is 5.73 Å². The van der Waals surface area contributed by atoms with Crippen LogP contribution in [0.25, 0.3) is 0 Å². The summed E-state index contributed by atoms with van der Waals surface area (Å²) in [6, 6.07) is 0. The third-order valence-electron chi connectivity index (χ3n) is 0. The number of carbonyl (C=O) groups excluding carboxylic acids is 1. The molecule has 0 unspecified atom stereocenters. The van der Waals surface area contributed by atoms with E-state index in [1.54, 1.807) is 0 Å². The summed E-state index contributed by atoms with van der Waals surface area (Å²) in [6.07, 6.45) is 0.250. The van der Waals surface area contributed by atoms with Crippen molar-refractivity contribution in [1.29, 1.82) is 0 Å². The summed E-state index contributed by atoms with van der Waals surface area (Å²) in [5, 5.41) is 0. The molecule has 0 saturated heterocycles. The van der Waals surface area contributed by atoms with Crippen LogP contribution in [0, 0.1) is 0 Å². The molecule has 4 heavy (non-hydrogen) atoms. The van der Waals surface area contributed by atoms with Crippen LogP contribution in [0.1, 0.15) is 0 Å². The maximum absolute atomic E-state index is 8.58. The van der Waals surface area contributed by atoms with E-state index in [0.29, 0.717) is 0 Å². The van der Waals surface area contributed by atoms with Crippen LogP contribution in [0.5, 0.6) is 0 Å². The molecule has 0 bridgehead atoms. The van der Waals surface area contributed by atoms with Crippen molar-refractivity contribution in [2.45, 2.75) is 0 Å². The number of hydrogen-bond acceptors (Lipinski definition) is 1. The molecule has 3 heteroatoms. The summed E-state index contributed by atoms with van der Waals surface area (Å²) >= 11 is 0. The molecule has 0 aromatic rings. The third kappa shape index (κ3) is 15.3. The average Bonchev–Trinajstić information content (AvgIpc) is 0.918. The molecule has 0 radical (unpaired) electrons. The number of amides is 1. The molecule has 0 atom stereocenters. The number of primary amides is 1. The van der Waals surface area contributed by atoms with Gasteiger partial charge in [-0.2, -0.15) is 0 Å². The predicted octanol–water partition coefficient (Wildman–Crippen LogP) is -1.81. The Hall–Kier alpha value is 0.730. The zero-order chi connectivity index (χ0) is 2.71. The van der Waals surface area contributed by atoms with Crippen molar-refractivity contribution < 1.29 is 4.79 Å². The first-order valence-electron chi connectivity index (χ1n) is 0.569. The number of hydrogen-bond donors (Lipinski definition) is 1. The van der Waals surface area contributed by atoms with Crippen LogP contribution in [0.3, 0.4) is 0 Å². The Kier molecular flexibility index (Phi) is 20.5. The second-order valence-corrected chi connectivity index (χ2v) is 0.136. The second-order valence-electron chi connectivity index (χ2n) is 0.136. The first kappa shape index (κ1) is 8.83. The van der Waals surface area contributed by atoms with Crippen LogP contribution in [0.15, 0.2) is 0 Å². The Morgan fingerprint density at radius 3 is 1.75 bits per heavy atom. The van der Waals surface area contributed by atoms with Crippen LogP contribution in [0.4, 0.5) is 0 Å². The van der Waals surface area contributed by atoms with Gasteiger partial charge in [0.15, 0.2) is 0 Å². The van der Waals surface area contributed by atoms with Gasteiger partial charge in [0, 0.05) is 0 Å². The molecule has 0 rings (SSSR count). The Morgan fingerprint density at radius 2 is 1.75 bits per heavy atom. The molecule has 0 aromatic heterocycles. The Labute approximate surface area is 54.4 Å². The first-order valence-corrected chi connectivity index (χ1v) is 0.569. The average molecular weight is 87.1 g/mol. The van der Waals surface area contributed by atoms with Crippen molar-refractivity contribution in [2.24, 2.45) is 5.73 Å². The fraction of sp³-hybridized carbons (Fsp3) is 0. The standard InChI is InChI=1S/CH3NO.Ca.2H/c2-1-3;;;/h1H,(H2,2,3);;;. The monoisotopic (exact) mass is 87.0 g/mol. The zero-order valence-electron chi connectivity index (χ0n) is 1.56. The van der Waals surface area contributed by atoms with Gasteiger partial charge in [0.1, 0.15) is 0 Å². The van der Waals surface area contributed by atoms with E-state index in [-0.39, 0.29) is 44.1 Å². The van der Waals surface area contributed by atoms with Crippen molar-refractivity contribution in [1.82, 2.24) is 0 Å². The van der Waals surface area contributed by atoms with E-state index >= 15 is 0 Å². The number of carbonyl (C=O) groups is 1. The van der Waals surface area contributed by atoms with E-state index in [2.05, 4.69) is 5.73 Å². The van der Waals surface area contributed by atoms with Crippen molar-refractivity contribution in [3.05, 3.63) is 0 Å². The van der Waals surface area contributed by atoms with Gasteiger partial charge in [0.05, 0.1) is 0 Å². The Balaban J connectivity index is 0. The first-order chi connectivity index (χ1) is 1.41. The van der Waals surface area contributed by atoms with Crippen LogP contribution in [0.2, 0.25) is 0 Å². The molecule has 22 valence electrons. The normalized spacial score (nSPS) is 3.00. The van der Waals surface area contributed by atoms with Crippen molar-refractivity contribution in [2.75, 3.05) is 0 Å². The number of rotatable bonds is 0. The Bertz CT molecular complexity index is 15.5. The SMILES string of the molecule is NC=O.[CaH2]. The molecule has 0 fully saturated rings. The fourth-order valence-corrected chi connectivity index (χ4v) is 0. The van der Waals surface area contributed by atoms with Crippen molar-refractivity contribution >= 4 is 44.1 Å². The van der Waals surface area contributed by atoms with Crippen LogP contribution in [-0.4, -0.2) is 44.1 Å². The number of nitrogens with two attached hydrogens (primary N) is 1. The van der Waals surface area contributed by atoms with E-state index in [0.717, 1.165) is 0 Å². The molecule has 0 aromatic carbocycles. The molecule has 2 N–H and O–H groups in total. The van der Waals surface area contributed by atoms with Crippen LogP contribution in [-0.2, 0) is 4.79 Å². The minimum atomic E-state index is 0. The van der Waals surface area contributed by atoms with Gasteiger partial charge in [0.25, 0.3) is 0 Å². The molecular formula is CH5CaNO. The fourth-order valence-electron chi connectivity index (χ4n) is 0. The van der Waals surface area contributed by atoms with Gasteiger partial charge in [0.2, 0.25) is 6.41 Å². The van der Waals surface area contributed by atoms with Crippen LogP contribution >= 0.6 is 0 Å². The molecule has 0 aliphatic carbocycles. The summed E-state index contributed by atoms with van der Waals surface area (Å²) in [4.78, 5) is 8.58. The molecule has 0 aliphatic rings. The third-order valence-corrected chi connectivity index (χ3v) is 0. The topological polar surface area (TPSA) is 43.1 Å². The summed E-state index contributed by atoms with van der Waals surface area (Å²) in [5.41, 5.74) is 4.17. The molecular weight excluding hydrogens is 82.1 g/mol. The van der Waals surface area contributed by atoms with Gasteiger partial charge in [-0.25, -0.2) is 0 Å². The van der Waals surface area contributed by atoms with Gasteiger partial charge in [-0.15, -0.1) is 0 Å². The summed E-state index contributed by atoms with van der Waals surface area (Å²) in [5.74, 6) is 0. The zero-order valence-corrected chi connectivity index (χ0v) is 1.56. The minimum absolute atomic E-state index is 0. The van der Waals surface area contributed by atoms with Gasteiger partial charge in [-0.05, 0) is 0 Å². The van der Waals surface area contributed by atoms with E-state index in [4.69, 9.17) is 4.79 Å². The van der Waals surface area contributed by atoms with E-state index in [1.165, 1.54) is 0 Å². The molecule has 0 saturated carbocycles. The van der Waals surface area contributed by atoms with E-state index < -0.39 is 0 Å². The van der Waals surface area contributed by atoms with E-state index in [1.807, 2.05) is 0 Å². The Morgan fingerprint density at radius 1 is 1.75 bits per heavy atom. The van der Waals surface area contributed by atoms with Gasteiger partial charge in [-0.1, -0.05) is 0 Å². The summed E-state index contributed by atoms with van der Waals surface area (Å²) in [7, 11) is 0. The summed E-state index contributed by atoms with van der Waals surface area (Å²) < 4.78 is 0. The summed E-state index contributed by atoms with van der Waals surface area (Å²) in [6.45, 7) is 0. The van der Waals surface area contributed by atoms with E-state index in [9.17, 15) is 0 Å². The van der Waals surface area contributed by atoms with Gasteiger partial charge in [-0.3, -0.25) is 4.79 Å².